The van der Waals surface area contributed by atoms with E-state index in [9.17, 15) is 0 Å². The van der Waals surface area contributed by atoms with Crippen LogP contribution in [0.5, 0.6) is 0 Å². The van der Waals surface area contributed by atoms with Crippen LogP contribution >= 0.6 is 15.8 Å². The summed E-state index contributed by atoms with van der Waals surface area (Å²) in [5.74, 6) is 0. The standard InChI is InChI=1S/C21H16P.C17H24P.2ClH.Ti/c1-3-11-19(12-4-1)22(20-13-5-2-6-14-20)21-15-17-9-7-8-10-18(17)16-21;1-5-13(3)18(14(4)6-2)17-11-15-9-7-8-10-16(15)12-17;;;/h1-16H;7-14H,5-6H2,1-4H3;2*1H;/q2*-1;;;+4/p-2. The van der Waals surface area contributed by atoms with Gasteiger partial charge in [-0.25, -0.2) is 0 Å². The third kappa shape index (κ3) is 9.15. The molecule has 0 aromatic heterocycles. The third-order valence-electron chi connectivity index (χ3n) is 7.92. The van der Waals surface area contributed by atoms with Gasteiger partial charge in [-0.05, 0) is 42.7 Å². The van der Waals surface area contributed by atoms with Crippen molar-refractivity contribution in [2.45, 2.75) is 51.9 Å². The minimum Gasteiger partial charge on any atom is -1.00 e. The molecule has 0 N–H and O–H groups in total. The summed E-state index contributed by atoms with van der Waals surface area (Å²) in [4.78, 5) is 0. The summed E-state index contributed by atoms with van der Waals surface area (Å²) in [5.41, 5.74) is 1.65. The average molecular weight is 677 g/mol. The van der Waals surface area contributed by atoms with Gasteiger partial charge < -0.3 is 24.8 Å². The van der Waals surface area contributed by atoms with Gasteiger partial charge in [0.2, 0.25) is 0 Å². The molecule has 0 spiro atoms. The van der Waals surface area contributed by atoms with Crippen LogP contribution < -0.4 is 46.0 Å². The Morgan fingerprint density at radius 3 is 1.33 bits per heavy atom. The molecule has 2 atom stereocenters. The van der Waals surface area contributed by atoms with E-state index in [1.165, 1.54) is 50.3 Å². The molecule has 0 aliphatic heterocycles. The molecule has 0 aliphatic rings. The van der Waals surface area contributed by atoms with E-state index in [0.717, 1.165) is 11.3 Å². The van der Waals surface area contributed by atoms with Crippen molar-refractivity contribution in [1.82, 2.24) is 0 Å². The van der Waals surface area contributed by atoms with Crippen molar-refractivity contribution in [3.8, 4) is 0 Å². The predicted octanol–water partition coefficient (Wildman–Crippen LogP) is 3.59. The Hall–Kier alpha value is -1.75. The summed E-state index contributed by atoms with van der Waals surface area (Å²) in [6.45, 7) is 9.50. The van der Waals surface area contributed by atoms with Crippen molar-refractivity contribution in [1.29, 1.82) is 0 Å². The summed E-state index contributed by atoms with van der Waals surface area (Å²) >= 11 is 0. The molecule has 6 aromatic carbocycles. The zero-order chi connectivity index (χ0) is 27.9. The van der Waals surface area contributed by atoms with Gasteiger partial charge in [0.05, 0.1) is 0 Å². The Bertz CT molecular complexity index is 1510. The smallest absolute Gasteiger partial charge is 1.00 e. The van der Waals surface area contributed by atoms with E-state index in [-0.39, 0.29) is 54.5 Å². The Labute approximate surface area is 288 Å². The molecule has 5 heteroatoms. The quantitative estimate of drug-likeness (QED) is 0.131. The molecule has 220 valence electrons. The van der Waals surface area contributed by atoms with Crippen molar-refractivity contribution in [2.24, 2.45) is 0 Å². The Balaban J connectivity index is 0.000000286. The first-order chi connectivity index (χ1) is 19.6. The van der Waals surface area contributed by atoms with E-state index in [1.807, 2.05) is 0 Å². The second kappa shape index (κ2) is 18.3. The fraction of sp³-hybridized carbons (Fsp3) is 0.211. The van der Waals surface area contributed by atoms with Gasteiger partial charge in [-0.2, -0.15) is 12.1 Å². The second-order valence-corrected chi connectivity index (χ2v) is 15.9. The van der Waals surface area contributed by atoms with E-state index < -0.39 is 7.92 Å². The maximum atomic E-state index is 2.43. The van der Waals surface area contributed by atoms with Crippen LogP contribution in [0.2, 0.25) is 0 Å². The van der Waals surface area contributed by atoms with E-state index in [1.54, 1.807) is 5.30 Å². The van der Waals surface area contributed by atoms with Crippen molar-refractivity contribution >= 4 is 58.6 Å². The van der Waals surface area contributed by atoms with Crippen LogP contribution in [0.1, 0.15) is 40.5 Å². The van der Waals surface area contributed by atoms with Crippen LogP contribution in [-0.4, -0.2) is 11.3 Å². The summed E-state index contributed by atoms with van der Waals surface area (Å²) in [5, 5.41) is 11.3. The van der Waals surface area contributed by atoms with Gasteiger partial charge in [-0.3, -0.25) is 0 Å². The molecule has 0 nitrogen and oxygen atoms in total. The van der Waals surface area contributed by atoms with E-state index in [2.05, 4.69) is 161 Å². The van der Waals surface area contributed by atoms with Gasteiger partial charge in [0.15, 0.2) is 0 Å². The molecule has 0 radical (unpaired) electrons. The first kappa shape index (κ1) is 37.4. The SMILES string of the molecule is CCC(C)P(c1cc2ccccc2[cH-]1)C(C)CC.[Cl-].[Cl-].[Ti+4].c1ccc(P(c2ccccc2)c2cc3ccccc3[cH-]2)cc1. The van der Waals surface area contributed by atoms with Crippen LogP contribution in [0, 0.1) is 0 Å². The topological polar surface area (TPSA) is 0 Å². The zero-order valence-corrected chi connectivity index (χ0v) is 30.3. The summed E-state index contributed by atoms with van der Waals surface area (Å²) in [6, 6.07) is 48.6. The Kier molecular flexibility index (Phi) is 15.9. The molecular formula is C38H40Cl2P2Ti. The Morgan fingerprint density at radius 1 is 0.535 bits per heavy atom. The average Bonchev–Trinajstić information content (AvgIpc) is 3.63. The number of fused-ring (bicyclic) bond motifs is 2. The molecule has 43 heavy (non-hydrogen) atoms. The van der Waals surface area contributed by atoms with Crippen LogP contribution in [0.15, 0.2) is 133 Å². The van der Waals surface area contributed by atoms with Gasteiger partial charge in [0, 0.05) is 0 Å². The first-order valence-corrected chi connectivity index (χ1v) is 17.4. The summed E-state index contributed by atoms with van der Waals surface area (Å²) in [6.07, 6.45) is 2.58. The maximum Gasteiger partial charge on any atom is 4.00 e. The molecule has 0 fully saturated rings. The van der Waals surface area contributed by atoms with Crippen LogP contribution in [0.25, 0.3) is 21.5 Å². The summed E-state index contributed by atoms with van der Waals surface area (Å²) in [7, 11) is -0.518. The zero-order valence-electron chi connectivity index (χ0n) is 25.4. The molecule has 6 rings (SSSR count). The fourth-order valence-electron chi connectivity index (χ4n) is 5.48. The molecule has 0 heterocycles. The van der Waals surface area contributed by atoms with Crippen molar-refractivity contribution in [2.75, 3.05) is 0 Å². The van der Waals surface area contributed by atoms with E-state index in [4.69, 9.17) is 0 Å². The molecule has 6 aromatic rings. The number of hydrogen-bond donors (Lipinski definition) is 0. The molecule has 0 aliphatic carbocycles. The van der Waals surface area contributed by atoms with Gasteiger partial charge in [0.25, 0.3) is 0 Å². The fourth-order valence-corrected chi connectivity index (χ4v) is 11.1. The predicted molar refractivity (Wildman–Crippen MR) is 184 cm³/mol. The Morgan fingerprint density at radius 2 is 0.907 bits per heavy atom. The number of hydrogen-bond acceptors (Lipinski definition) is 0. The van der Waals surface area contributed by atoms with Gasteiger partial charge >= 0.3 is 21.7 Å². The van der Waals surface area contributed by atoms with Gasteiger partial charge in [0.1, 0.15) is 0 Å². The number of halogens is 2. The molecule has 0 saturated heterocycles. The summed E-state index contributed by atoms with van der Waals surface area (Å²) < 4.78 is 0. The molecular weight excluding hydrogens is 637 g/mol. The van der Waals surface area contributed by atoms with Crippen LogP contribution in [0.3, 0.4) is 0 Å². The molecule has 0 amide bonds. The normalized spacial score (nSPS) is 12.7. The largest absolute Gasteiger partial charge is 4.00 e. The van der Waals surface area contributed by atoms with Crippen molar-refractivity contribution in [3.05, 3.63) is 133 Å². The molecule has 0 bridgehead atoms. The van der Waals surface area contributed by atoms with Crippen LogP contribution in [-0.2, 0) is 21.7 Å². The third-order valence-corrected chi connectivity index (χ3v) is 13.8. The van der Waals surface area contributed by atoms with Crippen LogP contribution in [0.4, 0.5) is 0 Å². The number of rotatable bonds is 8. The monoisotopic (exact) mass is 676 g/mol. The minimum atomic E-state index is -0.493. The van der Waals surface area contributed by atoms with E-state index >= 15 is 0 Å². The van der Waals surface area contributed by atoms with E-state index in [0.29, 0.717) is 0 Å². The first-order valence-electron chi connectivity index (χ1n) is 14.6. The second-order valence-electron chi connectivity index (χ2n) is 10.6. The minimum absolute atomic E-state index is 0. The van der Waals surface area contributed by atoms with Gasteiger partial charge in [-0.1, -0.05) is 108 Å². The van der Waals surface area contributed by atoms with Gasteiger partial charge in [-0.15, -0.1) is 80.7 Å². The molecule has 2 unspecified atom stereocenters. The molecule has 0 saturated carbocycles. The van der Waals surface area contributed by atoms with Crippen molar-refractivity contribution in [3.63, 3.8) is 0 Å². The van der Waals surface area contributed by atoms with Crippen molar-refractivity contribution < 1.29 is 46.5 Å². The maximum absolute atomic E-state index is 2.43. The number of benzene rings is 4.